The Morgan fingerprint density at radius 3 is 2.88 bits per heavy atom. The van der Waals surface area contributed by atoms with Gasteiger partial charge in [-0.1, -0.05) is 5.16 Å². The van der Waals surface area contributed by atoms with Crippen LogP contribution in [0.1, 0.15) is 46.0 Å². The molecule has 1 fully saturated rings. The Bertz CT molecular complexity index is 753. The summed E-state index contributed by atoms with van der Waals surface area (Å²) in [5.74, 6) is 1.22. The first-order valence-electron chi connectivity index (χ1n) is 8.30. The van der Waals surface area contributed by atoms with Crippen LogP contribution in [-0.2, 0) is 4.74 Å². The normalized spacial score (nSPS) is 17.1. The number of rotatable bonds is 4. The lowest BCUT2D eigenvalue weighted by Gasteiger charge is -2.39. The van der Waals surface area contributed by atoms with E-state index in [0.29, 0.717) is 36.3 Å². The number of carbonyl (C=O) groups excluding carboxylic acids is 1. The summed E-state index contributed by atoms with van der Waals surface area (Å²) in [6.07, 6.45) is 2.04. The van der Waals surface area contributed by atoms with E-state index in [0.717, 1.165) is 6.42 Å². The molecule has 1 unspecified atom stereocenters. The van der Waals surface area contributed by atoms with E-state index in [2.05, 4.69) is 15.1 Å². The van der Waals surface area contributed by atoms with Gasteiger partial charge in [0.1, 0.15) is 17.2 Å². The van der Waals surface area contributed by atoms with Crippen LogP contribution in [0.25, 0.3) is 11.5 Å². The second kappa shape index (κ2) is 6.70. The molecule has 3 heterocycles. The standard InChI is InChI=1S/C17H22N4O4/c1-5-23-14-11(7-6-9-18-14)15-19-13(20-25-15)12-8-10-21(12)16(22)24-17(2,3)4/h6-7,9,12H,5,8,10H2,1-4H3. The number of aromatic nitrogens is 3. The molecule has 3 rings (SSSR count). The van der Waals surface area contributed by atoms with Crippen LogP contribution in [0, 0.1) is 0 Å². The Morgan fingerprint density at radius 2 is 2.24 bits per heavy atom. The van der Waals surface area contributed by atoms with Crippen molar-refractivity contribution in [1.82, 2.24) is 20.0 Å². The average Bonchev–Trinajstić information content (AvgIpc) is 2.94. The second-order valence-corrected chi connectivity index (χ2v) is 6.73. The van der Waals surface area contributed by atoms with Gasteiger partial charge >= 0.3 is 6.09 Å². The molecule has 2 aromatic heterocycles. The van der Waals surface area contributed by atoms with Crippen molar-refractivity contribution >= 4 is 6.09 Å². The van der Waals surface area contributed by atoms with Gasteiger partial charge < -0.3 is 14.0 Å². The largest absolute Gasteiger partial charge is 0.477 e. The fraction of sp³-hybridized carbons (Fsp3) is 0.529. The van der Waals surface area contributed by atoms with E-state index in [1.165, 1.54) is 0 Å². The van der Waals surface area contributed by atoms with Gasteiger partial charge in [0.15, 0.2) is 5.82 Å². The predicted octanol–water partition coefficient (Wildman–Crippen LogP) is 3.21. The number of ether oxygens (including phenoxy) is 2. The average molecular weight is 346 g/mol. The van der Waals surface area contributed by atoms with Gasteiger partial charge in [-0.25, -0.2) is 9.78 Å². The quantitative estimate of drug-likeness (QED) is 0.839. The zero-order valence-corrected chi connectivity index (χ0v) is 14.9. The van der Waals surface area contributed by atoms with Crippen molar-refractivity contribution in [3.8, 4) is 17.3 Å². The lowest BCUT2D eigenvalue weighted by Crippen LogP contribution is -2.47. The third-order valence-electron chi connectivity index (χ3n) is 3.67. The van der Waals surface area contributed by atoms with Crippen LogP contribution in [0.3, 0.4) is 0 Å². The molecule has 0 aliphatic carbocycles. The highest BCUT2D eigenvalue weighted by atomic mass is 16.6. The zero-order chi connectivity index (χ0) is 18.0. The maximum absolute atomic E-state index is 12.2. The number of nitrogens with zero attached hydrogens (tertiary/aromatic N) is 4. The highest BCUT2D eigenvalue weighted by molar-refractivity contribution is 5.69. The van der Waals surface area contributed by atoms with Crippen molar-refractivity contribution < 1.29 is 18.8 Å². The summed E-state index contributed by atoms with van der Waals surface area (Å²) in [5.41, 5.74) is 0.0908. The topological polar surface area (TPSA) is 90.6 Å². The predicted molar refractivity (Wildman–Crippen MR) is 89.0 cm³/mol. The fourth-order valence-corrected chi connectivity index (χ4v) is 2.48. The lowest BCUT2D eigenvalue weighted by atomic mass is 10.0. The van der Waals surface area contributed by atoms with E-state index in [4.69, 9.17) is 14.0 Å². The molecule has 0 bridgehead atoms. The Balaban J connectivity index is 1.77. The van der Waals surface area contributed by atoms with Crippen LogP contribution >= 0.6 is 0 Å². The molecule has 1 amide bonds. The SMILES string of the molecule is CCOc1ncccc1-c1nc(C2CCN2C(=O)OC(C)(C)C)no1. The number of hydrogen-bond acceptors (Lipinski definition) is 7. The van der Waals surface area contributed by atoms with Gasteiger partial charge in [-0.15, -0.1) is 0 Å². The first kappa shape index (κ1) is 17.2. The highest BCUT2D eigenvalue weighted by Gasteiger charge is 2.39. The van der Waals surface area contributed by atoms with Crippen LogP contribution < -0.4 is 4.74 Å². The molecule has 8 heteroatoms. The van der Waals surface area contributed by atoms with Crippen molar-refractivity contribution in [2.45, 2.75) is 45.8 Å². The summed E-state index contributed by atoms with van der Waals surface area (Å²) < 4.78 is 16.3. The minimum Gasteiger partial charge on any atom is -0.477 e. The number of carbonyl (C=O) groups is 1. The van der Waals surface area contributed by atoms with Crippen molar-refractivity contribution in [1.29, 1.82) is 0 Å². The fourth-order valence-electron chi connectivity index (χ4n) is 2.48. The Hall–Kier alpha value is -2.64. The maximum atomic E-state index is 12.2. The molecular weight excluding hydrogens is 324 g/mol. The minimum absolute atomic E-state index is 0.237. The van der Waals surface area contributed by atoms with Crippen LogP contribution in [0.15, 0.2) is 22.9 Å². The molecule has 1 atom stereocenters. The summed E-state index contributed by atoms with van der Waals surface area (Å²) in [6.45, 7) is 8.49. The third kappa shape index (κ3) is 3.72. The first-order chi connectivity index (χ1) is 11.9. The molecular formula is C17H22N4O4. The van der Waals surface area contributed by atoms with Gasteiger partial charge in [0.05, 0.1) is 6.61 Å². The molecule has 2 aromatic rings. The molecule has 0 spiro atoms. The molecule has 0 saturated carbocycles. The van der Waals surface area contributed by atoms with Gasteiger partial charge in [-0.2, -0.15) is 4.98 Å². The van der Waals surface area contributed by atoms with Crippen molar-refractivity contribution in [3.63, 3.8) is 0 Å². The van der Waals surface area contributed by atoms with Crippen molar-refractivity contribution in [2.75, 3.05) is 13.2 Å². The second-order valence-electron chi connectivity index (χ2n) is 6.73. The molecule has 1 saturated heterocycles. The number of likely N-dealkylation sites (tertiary alicyclic amines) is 1. The van der Waals surface area contributed by atoms with E-state index in [-0.39, 0.29) is 12.1 Å². The van der Waals surface area contributed by atoms with Crippen LogP contribution in [-0.4, -0.2) is 44.9 Å². The minimum atomic E-state index is -0.540. The molecule has 8 nitrogen and oxygen atoms in total. The first-order valence-corrected chi connectivity index (χ1v) is 8.30. The van der Waals surface area contributed by atoms with E-state index in [1.807, 2.05) is 33.8 Å². The third-order valence-corrected chi connectivity index (χ3v) is 3.67. The lowest BCUT2D eigenvalue weighted by molar-refractivity contribution is -0.00772. The zero-order valence-electron chi connectivity index (χ0n) is 14.9. The Kier molecular flexibility index (Phi) is 4.61. The van der Waals surface area contributed by atoms with Crippen LogP contribution in [0.2, 0.25) is 0 Å². The molecule has 0 radical (unpaired) electrons. The summed E-state index contributed by atoms with van der Waals surface area (Å²) in [7, 11) is 0. The van der Waals surface area contributed by atoms with E-state index >= 15 is 0 Å². The molecule has 0 aromatic carbocycles. The van der Waals surface area contributed by atoms with E-state index < -0.39 is 5.60 Å². The van der Waals surface area contributed by atoms with Crippen molar-refractivity contribution in [2.24, 2.45) is 0 Å². The smallest absolute Gasteiger partial charge is 0.410 e. The van der Waals surface area contributed by atoms with Crippen LogP contribution in [0.5, 0.6) is 5.88 Å². The van der Waals surface area contributed by atoms with Gasteiger partial charge in [0, 0.05) is 12.7 Å². The highest BCUT2D eigenvalue weighted by Crippen LogP contribution is 2.35. The monoisotopic (exact) mass is 346 g/mol. The Labute approximate surface area is 146 Å². The van der Waals surface area contributed by atoms with Gasteiger partial charge in [0.2, 0.25) is 5.88 Å². The Morgan fingerprint density at radius 1 is 1.44 bits per heavy atom. The summed E-state index contributed by atoms with van der Waals surface area (Å²) in [6, 6.07) is 3.35. The molecule has 1 aliphatic rings. The van der Waals surface area contributed by atoms with E-state index in [9.17, 15) is 4.79 Å². The van der Waals surface area contributed by atoms with Crippen molar-refractivity contribution in [3.05, 3.63) is 24.2 Å². The molecule has 25 heavy (non-hydrogen) atoms. The number of pyridine rings is 1. The van der Waals surface area contributed by atoms with E-state index in [1.54, 1.807) is 17.2 Å². The summed E-state index contributed by atoms with van der Waals surface area (Å²) in [5, 5.41) is 4.03. The molecule has 134 valence electrons. The number of hydrogen-bond donors (Lipinski definition) is 0. The summed E-state index contributed by atoms with van der Waals surface area (Å²) >= 11 is 0. The molecule has 1 aliphatic heterocycles. The van der Waals surface area contributed by atoms with Gasteiger partial charge in [-0.3, -0.25) is 4.90 Å². The maximum Gasteiger partial charge on any atom is 0.410 e. The van der Waals surface area contributed by atoms with Crippen LogP contribution in [0.4, 0.5) is 4.79 Å². The van der Waals surface area contributed by atoms with Gasteiger partial charge in [-0.05, 0) is 46.2 Å². The van der Waals surface area contributed by atoms with Gasteiger partial charge in [0.25, 0.3) is 5.89 Å². The number of amides is 1. The molecule has 0 N–H and O–H groups in total. The summed E-state index contributed by atoms with van der Waals surface area (Å²) in [4.78, 5) is 22.4.